The lowest BCUT2D eigenvalue weighted by Crippen LogP contribution is -2.17. The summed E-state index contributed by atoms with van der Waals surface area (Å²) in [5, 5.41) is 15.7. The highest BCUT2D eigenvalue weighted by molar-refractivity contribution is 5.85. The molecule has 1 amide bonds. The summed E-state index contributed by atoms with van der Waals surface area (Å²) in [7, 11) is 0. The van der Waals surface area contributed by atoms with Crippen molar-refractivity contribution in [2.24, 2.45) is 5.10 Å². The van der Waals surface area contributed by atoms with E-state index < -0.39 is 4.92 Å². The monoisotopic (exact) mass is 336 g/mol. The third kappa shape index (κ3) is 4.08. The lowest BCUT2D eigenvalue weighted by molar-refractivity contribution is -0.384. The van der Waals surface area contributed by atoms with E-state index in [2.05, 4.69) is 15.5 Å². The second-order valence-corrected chi connectivity index (χ2v) is 5.50. The smallest absolute Gasteiger partial charge is 0.270 e. The summed E-state index contributed by atoms with van der Waals surface area (Å²) in [6, 6.07) is 14.0. The molecule has 1 aromatic heterocycles. The molecule has 2 N–H and O–H groups in total. The first-order valence-corrected chi connectivity index (χ1v) is 7.75. The Hall–Kier alpha value is -3.48. The van der Waals surface area contributed by atoms with Gasteiger partial charge >= 0.3 is 0 Å². The molecule has 7 nitrogen and oxygen atoms in total. The average Bonchev–Trinajstić information content (AvgIpc) is 3.03. The molecular weight excluding hydrogens is 320 g/mol. The molecule has 126 valence electrons. The molecule has 0 aliphatic heterocycles. The number of amides is 1. The Labute approximate surface area is 143 Å². The third-order valence-electron chi connectivity index (χ3n) is 3.78. The van der Waals surface area contributed by atoms with E-state index in [1.807, 2.05) is 30.5 Å². The first-order valence-electron chi connectivity index (χ1n) is 7.75. The molecule has 1 heterocycles. The van der Waals surface area contributed by atoms with E-state index in [4.69, 9.17) is 0 Å². The number of hydrogen-bond donors (Lipinski definition) is 2. The van der Waals surface area contributed by atoms with Crippen molar-refractivity contribution in [2.75, 3.05) is 0 Å². The molecule has 0 unspecified atom stereocenters. The van der Waals surface area contributed by atoms with Gasteiger partial charge < -0.3 is 4.98 Å². The van der Waals surface area contributed by atoms with Crippen LogP contribution in [0.25, 0.3) is 10.9 Å². The van der Waals surface area contributed by atoms with Crippen LogP contribution < -0.4 is 5.43 Å². The largest absolute Gasteiger partial charge is 0.361 e. The van der Waals surface area contributed by atoms with Crippen molar-refractivity contribution in [1.29, 1.82) is 0 Å². The maximum atomic E-state index is 11.9. The number of non-ortho nitro benzene ring substituents is 1. The molecule has 0 atom stereocenters. The highest BCUT2D eigenvalue weighted by atomic mass is 16.6. The number of carbonyl (C=O) groups excluding carboxylic acids is 1. The van der Waals surface area contributed by atoms with Gasteiger partial charge in [0.2, 0.25) is 5.91 Å². The summed E-state index contributed by atoms with van der Waals surface area (Å²) < 4.78 is 0. The molecule has 0 radical (unpaired) electrons. The number of nitrogens with zero attached hydrogens (tertiary/aromatic N) is 2. The number of hydrazone groups is 1. The zero-order valence-corrected chi connectivity index (χ0v) is 13.3. The van der Waals surface area contributed by atoms with Crippen LogP contribution in [0.5, 0.6) is 0 Å². The number of aromatic nitrogens is 1. The predicted molar refractivity (Wildman–Crippen MR) is 95.5 cm³/mol. The van der Waals surface area contributed by atoms with Gasteiger partial charge in [-0.05, 0) is 18.1 Å². The van der Waals surface area contributed by atoms with Crippen molar-refractivity contribution in [2.45, 2.75) is 12.8 Å². The molecule has 3 rings (SSSR count). The topological polar surface area (TPSA) is 100 Å². The minimum absolute atomic E-state index is 0.0189. The highest BCUT2D eigenvalue weighted by Gasteiger charge is 2.06. The number of aromatic amines is 1. The van der Waals surface area contributed by atoms with Gasteiger partial charge in [-0.1, -0.05) is 30.3 Å². The van der Waals surface area contributed by atoms with E-state index in [1.165, 1.54) is 18.3 Å². The normalized spacial score (nSPS) is 11.0. The average molecular weight is 336 g/mol. The minimum atomic E-state index is -0.475. The minimum Gasteiger partial charge on any atom is -0.361 e. The highest BCUT2D eigenvalue weighted by Crippen LogP contribution is 2.18. The number of para-hydroxylation sites is 1. The van der Waals surface area contributed by atoms with Gasteiger partial charge in [-0.25, -0.2) is 5.43 Å². The summed E-state index contributed by atoms with van der Waals surface area (Å²) in [5.41, 5.74) is 5.09. The van der Waals surface area contributed by atoms with Gasteiger partial charge in [0.25, 0.3) is 5.69 Å². The van der Waals surface area contributed by atoms with Crippen LogP contribution in [0.4, 0.5) is 5.69 Å². The Morgan fingerprint density at radius 1 is 1.24 bits per heavy atom. The molecule has 7 heteroatoms. The zero-order valence-electron chi connectivity index (χ0n) is 13.3. The Bertz CT molecular complexity index is 946. The number of benzene rings is 2. The van der Waals surface area contributed by atoms with E-state index in [9.17, 15) is 14.9 Å². The fraction of sp³-hybridized carbons (Fsp3) is 0.111. The fourth-order valence-corrected chi connectivity index (χ4v) is 2.54. The predicted octanol–water partition coefficient (Wildman–Crippen LogP) is 3.16. The SMILES string of the molecule is O=C(CCc1c[nH]c2ccccc12)N/N=C\c1cccc([N+](=O)[O-])c1. The van der Waals surface area contributed by atoms with Crippen LogP contribution in [-0.2, 0) is 11.2 Å². The summed E-state index contributed by atoms with van der Waals surface area (Å²) in [5.74, 6) is -0.216. The Balaban J connectivity index is 1.54. The summed E-state index contributed by atoms with van der Waals surface area (Å²) in [4.78, 5) is 25.3. The van der Waals surface area contributed by atoms with Crippen LogP contribution in [0.3, 0.4) is 0 Å². The Morgan fingerprint density at radius 2 is 2.08 bits per heavy atom. The van der Waals surface area contributed by atoms with E-state index in [0.29, 0.717) is 18.4 Å². The first kappa shape index (κ1) is 16.4. The molecule has 0 fully saturated rings. The van der Waals surface area contributed by atoms with Crippen molar-refractivity contribution in [1.82, 2.24) is 10.4 Å². The van der Waals surface area contributed by atoms with E-state index in [1.54, 1.807) is 12.1 Å². The van der Waals surface area contributed by atoms with Crippen LogP contribution >= 0.6 is 0 Å². The standard InChI is InChI=1S/C18H16N4O3/c23-18(9-8-14-12-19-17-7-2-1-6-16(14)17)21-20-11-13-4-3-5-15(10-13)22(24)25/h1-7,10-12,19H,8-9H2,(H,21,23)/b20-11-. The van der Waals surface area contributed by atoms with Crippen molar-refractivity contribution < 1.29 is 9.72 Å². The molecule has 25 heavy (non-hydrogen) atoms. The second-order valence-electron chi connectivity index (χ2n) is 5.50. The van der Waals surface area contributed by atoms with E-state index in [-0.39, 0.29) is 11.6 Å². The van der Waals surface area contributed by atoms with Crippen LogP contribution in [0.15, 0.2) is 59.8 Å². The number of aryl methyl sites for hydroxylation is 1. The van der Waals surface area contributed by atoms with Crippen molar-refractivity contribution >= 4 is 28.7 Å². The number of nitro groups is 1. The van der Waals surface area contributed by atoms with Gasteiger partial charge in [-0.15, -0.1) is 0 Å². The van der Waals surface area contributed by atoms with Gasteiger partial charge in [-0.3, -0.25) is 14.9 Å². The quantitative estimate of drug-likeness (QED) is 0.411. The second kappa shape index (κ2) is 7.39. The van der Waals surface area contributed by atoms with Crippen LogP contribution in [0.2, 0.25) is 0 Å². The molecule has 3 aromatic rings. The molecular formula is C18H16N4O3. The van der Waals surface area contributed by atoms with E-state index >= 15 is 0 Å². The van der Waals surface area contributed by atoms with Crippen molar-refractivity contribution in [3.8, 4) is 0 Å². The number of hydrogen-bond acceptors (Lipinski definition) is 4. The van der Waals surface area contributed by atoms with Gasteiger partial charge in [0, 0.05) is 41.2 Å². The lowest BCUT2D eigenvalue weighted by atomic mass is 10.1. The van der Waals surface area contributed by atoms with Crippen LogP contribution in [-0.4, -0.2) is 22.0 Å². The Morgan fingerprint density at radius 3 is 2.92 bits per heavy atom. The van der Waals surface area contributed by atoms with E-state index in [0.717, 1.165) is 16.5 Å². The van der Waals surface area contributed by atoms with Crippen molar-refractivity contribution in [3.63, 3.8) is 0 Å². The maximum absolute atomic E-state index is 11.9. The Kier molecular flexibility index (Phi) is 4.84. The van der Waals surface area contributed by atoms with Gasteiger partial charge in [0.1, 0.15) is 0 Å². The molecule has 0 spiro atoms. The molecule has 0 aliphatic rings. The molecule has 2 aromatic carbocycles. The fourth-order valence-electron chi connectivity index (χ4n) is 2.54. The number of rotatable bonds is 6. The molecule has 0 saturated heterocycles. The summed E-state index contributed by atoms with van der Waals surface area (Å²) in [6.07, 6.45) is 4.19. The number of carbonyl (C=O) groups is 1. The van der Waals surface area contributed by atoms with Crippen LogP contribution in [0.1, 0.15) is 17.5 Å². The van der Waals surface area contributed by atoms with Gasteiger partial charge in [-0.2, -0.15) is 5.10 Å². The third-order valence-corrected chi connectivity index (χ3v) is 3.78. The molecule has 0 aliphatic carbocycles. The van der Waals surface area contributed by atoms with Crippen molar-refractivity contribution in [3.05, 3.63) is 76.0 Å². The van der Waals surface area contributed by atoms with Gasteiger partial charge in [0.05, 0.1) is 11.1 Å². The number of nitrogens with one attached hydrogen (secondary N) is 2. The lowest BCUT2D eigenvalue weighted by Gasteiger charge is -2.00. The molecule has 0 saturated carbocycles. The number of H-pyrrole nitrogens is 1. The molecule has 0 bridgehead atoms. The summed E-state index contributed by atoms with van der Waals surface area (Å²) >= 11 is 0. The summed E-state index contributed by atoms with van der Waals surface area (Å²) in [6.45, 7) is 0. The zero-order chi connectivity index (χ0) is 17.6. The first-order chi connectivity index (χ1) is 12.1. The maximum Gasteiger partial charge on any atom is 0.270 e. The number of nitro benzene ring substituents is 1. The van der Waals surface area contributed by atoms with Gasteiger partial charge in [0.15, 0.2) is 0 Å². The van der Waals surface area contributed by atoms with Crippen LogP contribution in [0, 0.1) is 10.1 Å². The number of fused-ring (bicyclic) bond motifs is 1.